The van der Waals surface area contributed by atoms with Crippen molar-refractivity contribution < 1.29 is 8.78 Å². The van der Waals surface area contributed by atoms with E-state index in [0.29, 0.717) is 5.52 Å². The molecule has 4 heteroatoms. The Balaban J connectivity index is 1.89. The molecule has 1 heterocycles. The lowest BCUT2D eigenvalue weighted by Gasteiger charge is -2.12. The number of nitrogens with zero attached hydrogens (tertiary/aromatic N) is 1. The largest absolute Gasteiger partial charge is 0.341 e. The van der Waals surface area contributed by atoms with E-state index in [-0.39, 0.29) is 10.9 Å². The number of benzene rings is 2. The topological polar surface area (TPSA) is 28.7 Å². The Hall–Kier alpha value is -2.23. The number of hydrogen-bond acceptors (Lipinski definition) is 1. The van der Waals surface area contributed by atoms with Crippen molar-refractivity contribution in [2.75, 3.05) is 0 Å². The molecule has 4 rings (SSSR count). The molecule has 0 saturated heterocycles. The van der Waals surface area contributed by atoms with E-state index in [2.05, 4.69) is 22.1 Å². The zero-order chi connectivity index (χ0) is 13.7. The minimum atomic E-state index is -0.619. The van der Waals surface area contributed by atoms with E-state index in [4.69, 9.17) is 0 Å². The smallest absolute Gasteiger partial charge is 0.153 e. The number of aromatic amines is 1. The second-order valence-corrected chi connectivity index (χ2v) is 5.32. The van der Waals surface area contributed by atoms with Crippen LogP contribution in [0.4, 0.5) is 8.78 Å². The highest BCUT2D eigenvalue weighted by Gasteiger charge is 2.48. The molecule has 0 aliphatic heterocycles. The van der Waals surface area contributed by atoms with Crippen molar-refractivity contribution in [2.24, 2.45) is 0 Å². The number of aromatic nitrogens is 2. The Morgan fingerprint density at radius 3 is 2.50 bits per heavy atom. The number of hydrogen-bond donors (Lipinski definition) is 1. The third-order valence-corrected chi connectivity index (χ3v) is 4.03. The average molecular weight is 270 g/mol. The van der Waals surface area contributed by atoms with Gasteiger partial charge in [-0.1, -0.05) is 30.3 Å². The minimum absolute atomic E-state index is 0.163. The first-order valence-corrected chi connectivity index (χ1v) is 6.60. The predicted octanol–water partition coefficient (Wildman–Crippen LogP) is 3.92. The van der Waals surface area contributed by atoms with Crippen LogP contribution in [-0.4, -0.2) is 9.97 Å². The molecule has 3 aromatic rings. The van der Waals surface area contributed by atoms with Gasteiger partial charge < -0.3 is 4.98 Å². The molecule has 2 aromatic carbocycles. The van der Waals surface area contributed by atoms with Gasteiger partial charge in [0.25, 0.3) is 0 Å². The summed E-state index contributed by atoms with van der Waals surface area (Å²) in [7, 11) is 0. The third-order valence-electron chi connectivity index (χ3n) is 4.03. The molecule has 1 aliphatic rings. The average Bonchev–Trinajstić information content (AvgIpc) is 3.14. The Bertz CT molecular complexity index is 789. The van der Waals surface area contributed by atoms with Gasteiger partial charge in [-0.3, -0.25) is 0 Å². The van der Waals surface area contributed by atoms with Crippen LogP contribution in [0.2, 0.25) is 0 Å². The fourth-order valence-electron chi connectivity index (χ4n) is 2.81. The van der Waals surface area contributed by atoms with Crippen molar-refractivity contribution in [3.05, 3.63) is 65.5 Å². The van der Waals surface area contributed by atoms with Crippen molar-refractivity contribution in [3.63, 3.8) is 0 Å². The number of halogens is 2. The van der Waals surface area contributed by atoms with Gasteiger partial charge in [-0.25, -0.2) is 13.8 Å². The number of fused-ring (bicyclic) bond motifs is 1. The summed E-state index contributed by atoms with van der Waals surface area (Å²) < 4.78 is 27.0. The van der Waals surface area contributed by atoms with Gasteiger partial charge in [0.1, 0.15) is 17.2 Å². The van der Waals surface area contributed by atoms with Crippen LogP contribution in [0.25, 0.3) is 11.0 Å². The molecule has 100 valence electrons. The van der Waals surface area contributed by atoms with Crippen LogP contribution in [0.3, 0.4) is 0 Å². The molecule has 0 radical (unpaired) electrons. The van der Waals surface area contributed by atoms with E-state index in [0.717, 1.165) is 24.7 Å². The maximum Gasteiger partial charge on any atom is 0.153 e. The van der Waals surface area contributed by atoms with Crippen LogP contribution in [-0.2, 0) is 5.41 Å². The van der Waals surface area contributed by atoms with E-state index in [1.165, 1.54) is 11.6 Å². The second kappa shape index (κ2) is 3.88. The van der Waals surface area contributed by atoms with Crippen molar-refractivity contribution in [3.8, 4) is 0 Å². The Labute approximate surface area is 114 Å². The normalized spacial score (nSPS) is 16.5. The fourth-order valence-corrected chi connectivity index (χ4v) is 2.81. The molecule has 0 unspecified atom stereocenters. The maximum atomic E-state index is 13.7. The highest BCUT2D eigenvalue weighted by atomic mass is 19.1. The number of H-pyrrole nitrogens is 1. The Kier molecular flexibility index (Phi) is 2.25. The van der Waals surface area contributed by atoms with E-state index >= 15 is 0 Å². The molecule has 2 nitrogen and oxygen atoms in total. The number of imidazole rings is 1. The van der Waals surface area contributed by atoms with Crippen molar-refractivity contribution in [2.45, 2.75) is 18.3 Å². The summed E-state index contributed by atoms with van der Waals surface area (Å²) in [6.07, 6.45) is 1.95. The standard InChI is InChI=1S/C16H12F2N2/c17-11-8-12(18)14-13(9-11)19-15(20-14)16(6-7-16)10-4-2-1-3-5-10/h1-5,8-9H,6-7H2,(H,19,20). The fraction of sp³-hybridized carbons (Fsp3) is 0.188. The van der Waals surface area contributed by atoms with E-state index in [1.54, 1.807) is 0 Å². The Morgan fingerprint density at radius 2 is 1.80 bits per heavy atom. The molecule has 1 aliphatic carbocycles. The Morgan fingerprint density at radius 1 is 1.05 bits per heavy atom. The van der Waals surface area contributed by atoms with Crippen molar-refractivity contribution in [1.82, 2.24) is 9.97 Å². The lowest BCUT2D eigenvalue weighted by molar-refractivity contribution is 0.590. The first kappa shape index (κ1) is 11.6. The van der Waals surface area contributed by atoms with Crippen LogP contribution in [0, 0.1) is 11.6 Å². The molecule has 0 spiro atoms. The van der Waals surface area contributed by atoms with Gasteiger partial charge in [-0.2, -0.15) is 0 Å². The minimum Gasteiger partial charge on any atom is -0.341 e. The van der Waals surface area contributed by atoms with Crippen molar-refractivity contribution in [1.29, 1.82) is 0 Å². The maximum absolute atomic E-state index is 13.7. The zero-order valence-electron chi connectivity index (χ0n) is 10.7. The third kappa shape index (κ3) is 1.57. The molecule has 0 bridgehead atoms. The number of nitrogens with one attached hydrogen (secondary N) is 1. The lowest BCUT2D eigenvalue weighted by atomic mass is 9.95. The molecule has 1 aromatic heterocycles. The quantitative estimate of drug-likeness (QED) is 0.751. The first-order chi connectivity index (χ1) is 9.69. The van der Waals surface area contributed by atoms with Gasteiger partial charge in [0.15, 0.2) is 5.82 Å². The van der Waals surface area contributed by atoms with Gasteiger partial charge in [-0.05, 0) is 24.5 Å². The summed E-state index contributed by atoms with van der Waals surface area (Å²) in [5.74, 6) is -0.482. The molecule has 1 N–H and O–H groups in total. The van der Waals surface area contributed by atoms with Crippen molar-refractivity contribution >= 4 is 11.0 Å². The summed E-state index contributed by atoms with van der Waals surface area (Å²) in [6.45, 7) is 0. The van der Waals surface area contributed by atoms with Crippen LogP contribution in [0.5, 0.6) is 0 Å². The molecule has 20 heavy (non-hydrogen) atoms. The number of rotatable bonds is 2. The summed E-state index contributed by atoms with van der Waals surface area (Å²) >= 11 is 0. The molecule has 1 fully saturated rings. The van der Waals surface area contributed by atoms with E-state index in [9.17, 15) is 8.78 Å². The van der Waals surface area contributed by atoms with E-state index < -0.39 is 11.6 Å². The first-order valence-electron chi connectivity index (χ1n) is 6.60. The molecular formula is C16H12F2N2. The van der Waals surface area contributed by atoms with Crippen LogP contribution >= 0.6 is 0 Å². The summed E-state index contributed by atoms with van der Waals surface area (Å²) in [5, 5.41) is 0. The SMILES string of the molecule is Fc1cc(F)c2nc(C3(c4ccccc4)CC3)[nH]c2c1. The predicted molar refractivity (Wildman–Crippen MR) is 72.5 cm³/mol. The van der Waals surface area contributed by atoms with Gasteiger partial charge in [0, 0.05) is 6.07 Å². The molecular weight excluding hydrogens is 258 g/mol. The second-order valence-electron chi connectivity index (χ2n) is 5.32. The van der Waals surface area contributed by atoms with Gasteiger partial charge in [-0.15, -0.1) is 0 Å². The molecule has 0 atom stereocenters. The highest BCUT2D eigenvalue weighted by molar-refractivity contribution is 5.76. The summed E-state index contributed by atoms with van der Waals surface area (Å²) in [5.41, 5.74) is 1.63. The molecule has 0 amide bonds. The van der Waals surface area contributed by atoms with Gasteiger partial charge in [0.05, 0.1) is 10.9 Å². The van der Waals surface area contributed by atoms with E-state index in [1.807, 2.05) is 18.2 Å². The zero-order valence-corrected chi connectivity index (χ0v) is 10.7. The molecule has 1 saturated carbocycles. The summed E-state index contributed by atoms with van der Waals surface area (Å²) in [4.78, 5) is 7.45. The monoisotopic (exact) mass is 270 g/mol. The lowest BCUT2D eigenvalue weighted by Crippen LogP contribution is -2.10. The van der Waals surface area contributed by atoms with Gasteiger partial charge >= 0.3 is 0 Å². The van der Waals surface area contributed by atoms with Crippen LogP contribution in [0.1, 0.15) is 24.2 Å². The highest BCUT2D eigenvalue weighted by Crippen LogP contribution is 2.52. The van der Waals surface area contributed by atoms with Crippen LogP contribution < -0.4 is 0 Å². The van der Waals surface area contributed by atoms with Crippen LogP contribution in [0.15, 0.2) is 42.5 Å². The summed E-state index contributed by atoms with van der Waals surface area (Å²) in [6, 6.07) is 12.2. The van der Waals surface area contributed by atoms with Gasteiger partial charge in [0.2, 0.25) is 0 Å².